The lowest BCUT2D eigenvalue weighted by Crippen LogP contribution is -2.60. The van der Waals surface area contributed by atoms with E-state index >= 15 is 0 Å². The molecule has 0 bridgehead atoms. The van der Waals surface area contributed by atoms with Gasteiger partial charge in [0.2, 0.25) is 0 Å². The van der Waals surface area contributed by atoms with Gasteiger partial charge in [-0.15, -0.1) is 11.8 Å². The van der Waals surface area contributed by atoms with Gasteiger partial charge in [-0.3, -0.25) is 16.0 Å². The Balaban J connectivity index is 1.64. The van der Waals surface area contributed by atoms with Gasteiger partial charge in [-0.05, 0) is 44.1 Å². The molecule has 3 fully saturated rings. The van der Waals surface area contributed by atoms with Gasteiger partial charge in [0.15, 0.2) is 0 Å². The summed E-state index contributed by atoms with van der Waals surface area (Å²) in [5.74, 6) is 1.05. The number of nitrogens with one attached hydrogen (secondary N) is 3. The Kier molecular flexibility index (Phi) is 4.39. The highest BCUT2D eigenvalue weighted by atomic mass is 32.2. The molecule has 7 unspecified atom stereocenters. The summed E-state index contributed by atoms with van der Waals surface area (Å²) in [7, 11) is 0. The molecule has 110 valence electrons. The van der Waals surface area contributed by atoms with Gasteiger partial charge in [-0.2, -0.15) is 0 Å². The van der Waals surface area contributed by atoms with Crippen LogP contribution in [0.2, 0.25) is 0 Å². The van der Waals surface area contributed by atoms with Crippen LogP contribution in [0.3, 0.4) is 0 Å². The Morgan fingerprint density at radius 1 is 1.32 bits per heavy atom. The van der Waals surface area contributed by atoms with Crippen molar-refractivity contribution in [1.82, 2.24) is 16.0 Å². The van der Waals surface area contributed by atoms with E-state index < -0.39 is 0 Å². The van der Waals surface area contributed by atoms with Crippen LogP contribution in [-0.4, -0.2) is 40.7 Å². The van der Waals surface area contributed by atoms with E-state index in [0.717, 1.165) is 18.2 Å². The molecule has 2 saturated heterocycles. The van der Waals surface area contributed by atoms with E-state index in [1.807, 2.05) is 0 Å². The fraction of sp³-hybridized carbons (Fsp3) is 1.00. The van der Waals surface area contributed by atoms with Gasteiger partial charge in [0, 0.05) is 17.3 Å². The van der Waals surface area contributed by atoms with Crippen molar-refractivity contribution in [3.05, 3.63) is 0 Å². The van der Waals surface area contributed by atoms with Crippen LogP contribution in [0.25, 0.3) is 0 Å². The molecule has 5 heteroatoms. The number of thioether (sulfide) groups is 1. The molecular formula is C14H27N3OS. The molecule has 3 aliphatic rings. The quantitative estimate of drug-likeness (QED) is 0.625. The second-order valence-electron chi connectivity index (χ2n) is 6.37. The van der Waals surface area contributed by atoms with Crippen LogP contribution < -0.4 is 16.0 Å². The third-order valence-electron chi connectivity index (χ3n) is 4.94. The predicted octanol–water partition coefficient (Wildman–Crippen LogP) is 1.07. The smallest absolute Gasteiger partial charge is 0.107 e. The maximum Gasteiger partial charge on any atom is 0.107 e. The molecule has 2 heterocycles. The fourth-order valence-corrected chi connectivity index (χ4v) is 5.40. The van der Waals surface area contributed by atoms with Crippen molar-refractivity contribution < 1.29 is 5.11 Å². The summed E-state index contributed by atoms with van der Waals surface area (Å²) in [6, 6.07) is 1.12. The van der Waals surface area contributed by atoms with Crippen LogP contribution >= 0.6 is 11.8 Å². The average molecular weight is 285 g/mol. The Morgan fingerprint density at radius 3 is 2.95 bits per heavy atom. The molecule has 0 aromatic heterocycles. The Bertz CT molecular complexity index is 317. The first-order valence-electron chi connectivity index (χ1n) is 7.78. The number of aliphatic hydroxyl groups is 1. The zero-order chi connectivity index (χ0) is 13.4. The summed E-state index contributed by atoms with van der Waals surface area (Å²) in [6.07, 6.45) is 4.51. The molecular weight excluding hydrogens is 258 g/mol. The summed E-state index contributed by atoms with van der Waals surface area (Å²) in [5.41, 5.74) is 0.427. The summed E-state index contributed by atoms with van der Waals surface area (Å²) >= 11 is 2.08. The first-order chi connectivity index (χ1) is 9.19. The molecule has 4 nitrogen and oxygen atoms in total. The topological polar surface area (TPSA) is 56.3 Å². The van der Waals surface area contributed by atoms with Crippen molar-refractivity contribution in [3.8, 4) is 0 Å². The molecule has 0 aromatic carbocycles. The number of rotatable bonds is 3. The molecule has 19 heavy (non-hydrogen) atoms. The minimum absolute atomic E-state index is 0.305. The Morgan fingerprint density at radius 2 is 2.16 bits per heavy atom. The lowest BCUT2D eigenvalue weighted by atomic mass is 9.72. The van der Waals surface area contributed by atoms with Gasteiger partial charge in [0.25, 0.3) is 0 Å². The Hall–Kier alpha value is 0.190. The van der Waals surface area contributed by atoms with Crippen LogP contribution in [0.4, 0.5) is 0 Å². The highest BCUT2D eigenvalue weighted by molar-refractivity contribution is 8.00. The van der Waals surface area contributed by atoms with E-state index in [4.69, 9.17) is 0 Å². The van der Waals surface area contributed by atoms with Gasteiger partial charge in [-0.25, -0.2) is 0 Å². The first-order valence-corrected chi connectivity index (χ1v) is 8.72. The minimum atomic E-state index is -0.305. The van der Waals surface area contributed by atoms with E-state index in [1.54, 1.807) is 0 Å². The molecule has 3 rings (SSSR count). The van der Waals surface area contributed by atoms with E-state index in [2.05, 4.69) is 41.6 Å². The van der Waals surface area contributed by atoms with Crippen molar-refractivity contribution in [1.29, 1.82) is 0 Å². The molecule has 0 aromatic rings. The van der Waals surface area contributed by atoms with Crippen LogP contribution in [0.5, 0.6) is 0 Å². The van der Waals surface area contributed by atoms with Crippen molar-refractivity contribution in [3.63, 3.8) is 0 Å². The largest absolute Gasteiger partial charge is 0.378 e. The zero-order valence-electron chi connectivity index (χ0n) is 11.9. The van der Waals surface area contributed by atoms with Gasteiger partial charge in [0.1, 0.15) is 11.7 Å². The molecule has 2 aliphatic heterocycles. The maximum atomic E-state index is 9.98. The SMILES string of the molecule is CCCNC1NC2C(CCC3NC(O)C(C)CC32)S1. The van der Waals surface area contributed by atoms with E-state index in [0.29, 0.717) is 29.4 Å². The third kappa shape index (κ3) is 2.81. The third-order valence-corrected chi connectivity index (χ3v) is 6.40. The first kappa shape index (κ1) is 14.1. The highest BCUT2D eigenvalue weighted by Gasteiger charge is 2.48. The van der Waals surface area contributed by atoms with Crippen LogP contribution in [-0.2, 0) is 0 Å². The maximum absolute atomic E-state index is 9.98. The van der Waals surface area contributed by atoms with Gasteiger partial charge in [0.05, 0.1) is 0 Å². The molecule has 0 radical (unpaired) electrons. The van der Waals surface area contributed by atoms with E-state index in [9.17, 15) is 5.11 Å². The molecule has 0 spiro atoms. The van der Waals surface area contributed by atoms with Crippen molar-refractivity contribution in [2.24, 2.45) is 11.8 Å². The Labute approximate surface area is 120 Å². The highest BCUT2D eigenvalue weighted by Crippen LogP contribution is 2.43. The number of fused-ring (bicyclic) bond motifs is 3. The number of hydrogen-bond donors (Lipinski definition) is 4. The monoisotopic (exact) mass is 285 g/mol. The second kappa shape index (κ2) is 5.90. The lowest BCUT2D eigenvalue weighted by molar-refractivity contribution is -0.00655. The molecule has 1 saturated carbocycles. The molecule has 4 N–H and O–H groups in total. The number of aliphatic hydroxyl groups excluding tert-OH is 1. The van der Waals surface area contributed by atoms with Gasteiger partial charge < -0.3 is 5.11 Å². The van der Waals surface area contributed by atoms with Crippen molar-refractivity contribution in [2.75, 3.05) is 6.54 Å². The summed E-state index contributed by atoms with van der Waals surface area (Å²) < 4.78 is 0. The molecule has 7 atom stereocenters. The minimum Gasteiger partial charge on any atom is -0.378 e. The van der Waals surface area contributed by atoms with Crippen molar-refractivity contribution >= 4 is 11.8 Å². The average Bonchev–Trinajstić information content (AvgIpc) is 2.81. The number of hydrogen-bond acceptors (Lipinski definition) is 5. The molecule has 1 aliphatic carbocycles. The standard InChI is InChI=1S/C14H27N3OS/c1-3-6-15-14-17-12-9-7-8(2)13(18)16-10(9)4-5-11(12)19-14/h8-18H,3-7H2,1-2H3. The van der Waals surface area contributed by atoms with Gasteiger partial charge in [-0.1, -0.05) is 13.8 Å². The van der Waals surface area contributed by atoms with Crippen LogP contribution in [0.1, 0.15) is 39.5 Å². The van der Waals surface area contributed by atoms with Crippen LogP contribution in [0.15, 0.2) is 0 Å². The number of piperidine rings is 1. The van der Waals surface area contributed by atoms with Gasteiger partial charge >= 0.3 is 0 Å². The predicted molar refractivity (Wildman–Crippen MR) is 79.8 cm³/mol. The second-order valence-corrected chi connectivity index (χ2v) is 7.72. The molecule has 0 amide bonds. The normalized spacial score (nSPS) is 49.7. The van der Waals surface area contributed by atoms with E-state index in [1.165, 1.54) is 19.3 Å². The fourth-order valence-electron chi connectivity index (χ4n) is 3.88. The van der Waals surface area contributed by atoms with E-state index in [-0.39, 0.29) is 6.23 Å². The summed E-state index contributed by atoms with van der Waals surface area (Å²) in [4.78, 5) is 0. The van der Waals surface area contributed by atoms with Crippen LogP contribution in [0, 0.1) is 11.8 Å². The zero-order valence-corrected chi connectivity index (χ0v) is 12.7. The summed E-state index contributed by atoms with van der Waals surface area (Å²) in [5, 5.41) is 21.5. The summed E-state index contributed by atoms with van der Waals surface area (Å²) in [6.45, 7) is 5.46. The van der Waals surface area contributed by atoms with Crippen molar-refractivity contribution in [2.45, 2.75) is 68.6 Å². The lowest BCUT2D eigenvalue weighted by Gasteiger charge is -2.46.